The Morgan fingerprint density at radius 3 is 2.75 bits per heavy atom. The molecule has 1 heterocycles. The molecule has 0 saturated carbocycles. The van der Waals surface area contributed by atoms with Crippen molar-refractivity contribution in [2.75, 3.05) is 25.0 Å². The normalized spacial score (nSPS) is 18.0. The molecule has 1 amide bonds. The number of rotatable bonds is 6. The van der Waals surface area contributed by atoms with Crippen LogP contribution in [0.15, 0.2) is 18.2 Å². The third kappa shape index (κ3) is 4.54. The molecule has 1 saturated heterocycles. The third-order valence-corrected chi connectivity index (χ3v) is 3.80. The lowest BCUT2D eigenvalue weighted by Gasteiger charge is -2.12. The van der Waals surface area contributed by atoms with E-state index in [0.29, 0.717) is 35.2 Å². The molecule has 1 fully saturated rings. The van der Waals surface area contributed by atoms with Crippen LogP contribution in [-0.4, -0.2) is 31.7 Å². The van der Waals surface area contributed by atoms with E-state index in [1.165, 1.54) is 0 Å². The van der Waals surface area contributed by atoms with Crippen molar-refractivity contribution < 1.29 is 9.53 Å². The molecule has 1 aliphatic heterocycles. The molecule has 110 valence electrons. The van der Waals surface area contributed by atoms with Crippen LogP contribution >= 0.6 is 23.2 Å². The van der Waals surface area contributed by atoms with Gasteiger partial charge in [-0.05, 0) is 25.0 Å². The van der Waals surface area contributed by atoms with Crippen molar-refractivity contribution in [3.63, 3.8) is 0 Å². The lowest BCUT2D eigenvalue weighted by molar-refractivity contribution is -0.121. The maximum Gasteiger partial charge on any atom is 0.221 e. The molecular formula is C14H18Cl2N2O2. The molecule has 1 atom stereocenters. The minimum Gasteiger partial charge on any atom is -0.382 e. The minimum absolute atomic E-state index is 0.00354. The van der Waals surface area contributed by atoms with Crippen molar-refractivity contribution in [1.29, 1.82) is 0 Å². The number of ether oxygens (including phenoxy) is 1. The van der Waals surface area contributed by atoms with E-state index >= 15 is 0 Å². The van der Waals surface area contributed by atoms with E-state index in [1.54, 1.807) is 18.2 Å². The van der Waals surface area contributed by atoms with Crippen molar-refractivity contribution in [2.24, 2.45) is 0 Å². The van der Waals surface area contributed by atoms with Crippen molar-refractivity contribution in [3.05, 3.63) is 28.2 Å². The first-order valence-electron chi connectivity index (χ1n) is 6.73. The Bertz CT molecular complexity index is 442. The van der Waals surface area contributed by atoms with Gasteiger partial charge in [-0.2, -0.15) is 0 Å². The summed E-state index contributed by atoms with van der Waals surface area (Å²) in [6.07, 6.45) is 2.64. The Hall–Kier alpha value is -0.970. The number of para-hydroxylation sites is 1. The fourth-order valence-electron chi connectivity index (χ4n) is 2.09. The molecule has 2 rings (SSSR count). The van der Waals surface area contributed by atoms with Gasteiger partial charge in [0.05, 0.1) is 21.8 Å². The van der Waals surface area contributed by atoms with Crippen LogP contribution < -0.4 is 10.6 Å². The average Bonchev–Trinajstić information content (AvgIpc) is 2.93. The average molecular weight is 317 g/mol. The predicted molar refractivity (Wildman–Crippen MR) is 81.6 cm³/mol. The molecule has 4 nitrogen and oxygen atoms in total. The molecule has 0 aromatic heterocycles. The van der Waals surface area contributed by atoms with Gasteiger partial charge in [0.1, 0.15) is 0 Å². The van der Waals surface area contributed by atoms with E-state index in [0.717, 1.165) is 19.4 Å². The first kappa shape index (κ1) is 15.4. The van der Waals surface area contributed by atoms with Gasteiger partial charge in [-0.25, -0.2) is 0 Å². The molecule has 0 bridgehead atoms. The van der Waals surface area contributed by atoms with Gasteiger partial charge >= 0.3 is 0 Å². The van der Waals surface area contributed by atoms with Gasteiger partial charge in [-0.15, -0.1) is 0 Å². The monoisotopic (exact) mass is 316 g/mol. The zero-order valence-corrected chi connectivity index (χ0v) is 12.6. The van der Waals surface area contributed by atoms with Gasteiger partial charge in [-0.1, -0.05) is 29.3 Å². The number of nitrogens with one attached hydrogen (secondary N) is 2. The number of amides is 1. The summed E-state index contributed by atoms with van der Waals surface area (Å²) < 4.78 is 5.44. The summed E-state index contributed by atoms with van der Waals surface area (Å²) in [6.45, 7) is 1.87. The van der Waals surface area contributed by atoms with Crippen molar-refractivity contribution in [2.45, 2.75) is 25.4 Å². The number of hydrogen-bond donors (Lipinski definition) is 2. The molecular weight excluding hydrogens is 299 g/mol. The largest absolute Gasteiger partial charge is 0.382 e. The van der Waals surface area contributed by atoms with Crippen LogP contribution in [0.1, 0.15) is 19.3 Å². The highest BCUT2D eigenvalue weighted by atomic mass is 35.5. The molecule has 1 unspecified atom stereocenters. The highest BCUT2D eigenvalue weighted by Gasteiger charge is 2.16. The van der Waals surface area contributed by atoms with Crippen molar-refractivity contribution in [1.82, 2.24) is 5.32 Å². The number of benzene rings is 1. The molecule has 0 aliphatic carbocycles. The zero-order valence-electron chi connectivity index (χ0n) is 11.1. The Balaban J connectivity index is 1.68. The summed E-state index contributed by atoms with van der Waals surface area (Å²) in [7, 11) is 0. The Morgan fingerprint density at radius 2 is 2.10 bits per heavy atom. The zero-order chi connectivity index (χ0) is 14.4. The van der Waals surface area contributed by atoms with E-state index in [1.807, 2.05) is 0 Å². The quantitative estimate of drug-likeness (QED) is 0.848. The van der Waals surface area contributed by atoms with Crippen LogP contribution in [0.25, 0.3) is 0 Å². The molecule has 1 aromatic carbocycles. The number of hydrogen-bond acceptors (Lipinski definition) is 3. The summed E-state index contributed by atoms with van der Waals surface area (Å²) in [6, 6.07) is 5.30. The van der Waals surface area contributed by atoms with Gasteiger partial charge in [0, 0.05) is 26.1 Å². The van der Waals surface area contributed by atoms with Crippen molar-refractivity contribution >= 4 is 34.8 Å². The number of carbonyl (C=O) groups excluding carboxylic acids is 1. The Morgan fingerprint density at radius 1 is 1.35 bits per heavy atom. The smallest absolute Gasteiger partial charge is 0.221 e. The highest BCUT2D eigenvalue weighted by molar-refractivity contribution is 6.39. The summed E-state index contributed by atoms with van der Waals surface area (Å²) in [5, 5.41) is 7.06. The van der Waals surface area contributed by atoms with Crippen LogP contribution in [0, 0.1) is 0 Å². The van der Waals surface area contributed by atoms with Gasteiger partial charge in [0.25, 0.3) is 0 Å². The van der Waals surface area contributed by atoms with Crippen LogP contribution in [0.3, 0.4) is 0 Å². The lowest BCUT2D eigenvalue weighted by Crippen LogP contribution is -2.32. The Labute approximate surface area is 128 Å². The molecule has 1 aliphatic rings. The SMILES string of the molecule is O=C(CCNc1c(Cl)cccc1Cl)NCC1CCCO1. The second-order valence-corrected chi connectivity index (χ2v) is 5.53. The van der Waals surface area contributed by atoms with Crippen LogP contribution in [0.5, 0.6) is 0 Å². The summed E-state index contributed by atoms with van der Waals surface area (Å²) in [4.78, 5) is 11.7. The van der Waals surface area contributed by atoms with E-state index in [9.17, 15) is 4.79 Å². The van der Waals surface area contributed by atoms with Crippen LogP contribution in [0.2, 0.25) is 10.0 Å². The number of anilines is 1. The second-order valence-electron chi connectivity index (χ2n) is 4.71. The highest BCUT2D eigenvalue weighted by Crippen LogP contribution is 2.29. The number of carbonyl (C=O) groups is 1. The standard InChI is InChI=1S/C14H18Cl2N2O2/c15-11-4-1-5-12(16)14(11)17-7-6-13(19)18-9-10-3-2-8-20-10/h1,4-5,10,17H,2-3,6-9H2,(H,18,19). The van der Waals surface area contributed by atoms with Crippen LogP contribution in [0.4, 0.5) is 5.69 Å². The molecule has 20 heavy (non-hydrogen) atoms. The first-order valence-corrected chi connectivity index (χ1v) is 7.48. The number of halogens is 2. The Kier molecular flexibility index (Phi) is 5.95. The molecule has 1 aromatic rings. The fraction of sp³-hybridized carbons (Fsp3) is 0.500. The maximum absolute atomic E-state index is 11.7. The maximum atomic E-state index is 11.7. The molecule has 0 spiro atoms. The minimum atomic E-state index is -0.00354. The second kappa shape index (κ2) is 7.72. The molecule has 2 N–H and O–H groups in total. The topological polar surface area (TPSA) is 50.4 Å². The van der Waals surface area contributed by atoms with Crippen LogP contribution in [-0.2, 0) is 9.53 Å². The van der Waals surface area contributed by atoms with Gasteiger partial charge in [0.2, 0.25) is 5.91 Å². The summed E-state index contributed by atoms with van der Waals surface area (Å²) >= 11 is 12.1. The van der Waals surface area contributed by atoms with E-state index in [4.69, 9.17) is 27.9 Å². The first-order chi connectivity index (χ1) is 9.66. The summed E-state index contributed by atoms with van der Waals surface area (Å²) in [5.74, 6) is -0.00354. The third-order valence-electron chi connectivity index (χ3n) is 3.17. The molecule has 0 radical (unpaired) electrons. The van der Waals surface area contributed by atoms with Crippen molar-refractivity contribution in [3.8, 4) is 0 Å². The van der Waals surface area contributed by atoms with Gasteiger partial charge in [-0.3, -0.25) is 4.79 Å². The fourth-order valence-corrected chi connectivity index (χ4v) is 2.62. The van der Waals surface area contributed by atoms with E-state index < -0.39 is 0 Å². The van der Waals surface area contributed by atoms with E-state index in [2.05, 4.69) is 10.6 Å². The van der Waals surface area contributed by atoms with Gasteiger partial charge < -0.3 is 15.4 Å². The van der Waals surface area contributed by atoms with Gasteiger partial charge in [0.15, 0.2) is 0 Å². The van der Waals surface area contributed by atoms with E-state index in [-0.39, 0.29) is 12.0 Å². The molecule has 6 heteroatoms. The lowest BCUT2D eigenvalue weighted by atomic mass is 10.2. The summed E-state index contributed by atoms with van der Waals surface area (Å²) in [5.41, 5.74) is 0.669. The predicted octanol–water partition coefficient (Wildman–Crippen LogP) is 3.09.